The van der Waals surface area contributed by atoms with Gasteiger partial charge in [-0.3, -0.25) is 4.79 Å². The Morgan fingerprint density at radius 3 is 2.65 bits per heavy atom. The van der Waals surface area contributed by atoms with Gasteiger partial charge in [0.2, 0.25) is 0 Å². The van der Waals surface area contributed by atoms with Crippen molar-refractivity contribution < 1.29 is 4.79 Å². The van der Waals surface area contributed by atoms with Gasteiger partial charge in [0.15, 0.2) is 0 Å². The van der Waals surface area contributed by atoms with Crippen molar-refractivity contribution >= 4 is 23.4 Å². The van der Waals surface area contributed by atoms with Crippen LogP contribution in [0.5, 0.6) is 0 Å². The first-order valence-electron chi connectivity index (χ1n) is 6.11. The Balaban J connectivity index is 2.25. The van der Waals surface area contributed by atoms with E-state index in [1.165, 1.54) is 11.8 Å². The molecule has 100 valence electrons. The van der Waals surface area contributed by atoms with Crippen LogP contribution in [0, 0.1) is 18.3 Å². The molecular formula is C16H14N2OS. The predicted molar refractivity (Wildman–Crippen MR) is 82.1 cm³/mol. The minimum Gasteiger partial charge on any atom is -0.322 e. The van der Waals surface area contributed by atoms with Crippen molar-refractivity contribution in [2.75, 3.05) is 11.6 Å². The number of rotatable bonds is 3. The fourth-order valence-corrected chi connectivity index (χ4v) is 2.43. The van der Waals surface area contributed by atoms with E-state index < -0.39 is 0 Å². The first kappa shape index (κ1) is 14.2. The number of amides is 1. The Morgan fingerprint density at radius 1 is 1.25 bits per heavy atom. The van der Waals surface area contributed by atoms with Crippen LogP contribution in [0.4, 0.5) is 5.69 Å². The second-order valence-corrected chi connectivity index (χ2v) is 5.14. The van der Waals surface area contributed by atoms with E-state index in [-0.39, 0.29) is 5.91 Å². The van der Waals surface area contributed by atoms with E-state index in [0.717, 1.165) is 10.5 Å². The Morgan fingerprint density at radius 2 is 2.00 bits per heavy atom. The van der Waals surface area contributed by atoms with Crippen LogP contribution in [-0.4, -0.2) is 12.2 Å². The molecule has 0 atom stereocenters. The summed E-state index contributed by atoms with van der Waals surface area (Å²) in [7, 11) is 0. The molecule has 3 nitrogen and oxygen atoms in total. The summed E-state index contributed by atoms with van der Waals surface area (Å²) in [6.07, 6.45) is 1.92. The summed E-state index contributed by atoms with van der Waals surface area (Å²) in [6, 6.07) is 14.9. The van der Waals surface area contributed by atoms with E-state index in [2.05, 4.69) is 11.4 Å². The van der Waals surface area contributed by atoms with E-state index in [0.29, 0.717) is 16.8 Å². The smallest absolute Gasteiger partial charge is 0.255 e. The number of benzene rings is 2. The Labute approximate surface area is 122 Å². The number of carbonyl (C=O) groups excluding carboxylic acids is 1. The number of anilines is 1. The maximum absolute atomic E-state index is 12.2. The molecule has 0 bridgehead atoms. The Kier molecular flexibility index (Phi) is 4.44. The van der Waals surface area contributed by atoms with Gasteiger partial charge in [-0.25, -0.2) is 0 Å². The second-order valence-electron chi connectivity index (χ2n) is 4.30. The minimum atomic E-state index is -0.163. The zero-order chi connectivity index (χ0) is 14.5. The molecule has 0 radical (unpaired) electrons. The highest BCUT2D eigenvalue weighted by molar-refractivity contribution is 7.98. The number of nitrogens with zero attached hydrogens (tertiary/aromatic N) is 1. The summed E-state index contributed by atoms with van der Waals surface area (Å²) in [6.45, 7) is 1.90. The predicted octanol–water partition coefficient (Wildman–Crippen LogP) is 3.84. The van der Waals surface area contributed by atoms with Crippen LogP contribution in [0.2, 0.25) is 0 Å². The van der Waals surface area contributed by atoms with Crippen LogP contribution in [0.25, 0.3) is 0 Å². The summed E-state index contributed by atoms with van der Waals surface area (Å²) >= 11 is 1.51. The molecular weight excluding hydrogens is 268 g/mol. The normalized spacial score (nSPS) is 9.85. The second kappa shape index (κ2) is 6.27. The monoisotopic (exact) mass is 282 g/mol. The molecule has 0 unspecified atom stereocenters. The summed E-state index contributed by atoms with van der Waals surface area (Å²) in [4.78, 5) is 13.1. The van der Waals surface area contributed by atoms with Crippen molar-refractivity contribution in [3.05, 3.63) is 59.2 Å². The van der Waals surface area contributed by atoms with Crippen molar-refractivity contribution in [3.63, 3.8) is 0 Å². The number of aryl methyl sites for hydroxylation is 1. The third-order valence-electron chi connectivity index (χ3n) is 2.97. The van der Waals surface area contributed by atoms with E-state index >= 15 is 0 Å². The number of hydrogen-bond donors (Lipinski definition) is 1. The first-order valence-corrected chi connectivity index (χ1v) is 7.33. The van der Waals surface area contributed by atoms with Crippen molar-refractivity contribution in [2.45, 2.75) is 11.8 Å². The van der Waals surface area contributed by atoms with E-state index in [9.17, 15) is 4.79 Å². The van der Waals surface area contributed by atoms with Crippen LogP contribution < -0.4 is 5.32 Å². The van der Waals surface area contributed by atoms with Gasteiger partial charge in [-0.2, -0.15) is 5.26 Å². The van der Waals surface area contributed by atoms with E-state index in [1.54, 1.807) is 12.1 Å². The molecule has 0 aliphatic carbocycles. The molecule has 0 saturated carbocycles. The Hall–Kier alpha value is -2.25. The van der Waals surface area contributed by atoms with Crippen LogP contribution in [0.3, 0.4) is 0 Å². The van der Waals surface area contributed by atoms with Crippen LogP contribution in [-0.2, 0) is 0 Å². The number of nitrogens with one attached hydrogen (secondary N) is 1. The number of nitriles is 1. The van der Waals surface area contributed by atoms with Gasteiger partial charge in [-0.05, 0) is 43.0 Å². The molecule has 1 N–H and O–H groups in total. The lowest BCUT2D eigenvalue weighted by Crippen LogP contribution is -2.13. The SMILES string of the molecule is CSc1ccc(NC(=O)c2ccccc2C)cc1C#N. The molecule has 0 aromatic heterocycles. The zero-order valence-corrected chi connectivity index (χ0v) is 12.1. The van der Waals surface area contributed by atoms with Gasteiger partial charge in [-0.15, -0.1) is 11.8 Å². The van der Waals surface area contributed by atoms with Gasteiger partial charge in [0.1, 0.15) is 6.07 Å². The maximum atomic E-state index is 12.2. The molecule has 2 aromatic carbocycles. The number of carbonyl (C=O) groups is 1. The lowest BCUT2D eigenvalue weighted by Gasteiger charge is -2.09. The van der Waals surface area contributed by atoms with Gasteiger partial charge in [0, 0.05) is 16.1 Å². The van der Waals surface area contributed by atoms with Gasteiger partial charge in [-0.1, -0.05) is 18.2 Å². The molecule has 2 rings (SSSR count). The summed E-state index contributed by atoms with van der Waals surface area (Å²) < 4.78 is 0. The fourth-order valence-electron chi connectivity index (χ4n) is 1.90. The summed E-state index contributed by atoms with van der Waals surface area (Å²) in [5.74, 6) is -0.163. The van der Waals surface area contributed by atoms with Gasteiger partial charge in [0.25, 0.3) is 5.91 Å². The van der Waals surface area contributed by atoms with Crippen LogP contribution in [0.15, 0.2) is 47.4 Å². The fraction of sp³-hybridized carbons (Fsp3) is 0.125. The molecule has 1 amide bonds. The van der Waals surface area contributed by atoms with Crippen molar-refractivity contribution in [1.29, 1.82) is 5.26 Å². The number of thioether (sulfide) groups is 1. The average Bonchev–Trinajstić information content (AvgIpc) is 2.47. The van der Waals surface area contributed by atoms with Crippen LogP contribution >= 0.6 is 11.8 Å². The quantitative estimate of drug-likeness (QED) is 0.870. The molecule has 4 heteroatoms. The zero-order valence-electron chi connectivity index (χ0n) is 11.3. The largest absolute Gasteiger partial charge is 0.322 e. The standard InChI is InChI=1S/C16H14N2OS/c1-11-5-3-4-6-14(11)16(19)18-13-7-8-15(20-2)12(9-13)10-17/h3-9H,1-2H3,(H,18,19). The van der Waals surface area contributed by atoms with Crippen molar-refractivity contribution in [3.8, 4) is 6.07 Å². The van der Waals surface area contributed by atoms with Gasteiger partial charge >= 0.3 is 0 Å². The topological polar surface area (TPSA) is 52.9 Å². The average molecular weight is 282 g/mol. The number of hydrogen-bond acceptors (Lipinski definition) is 3. The van der Waals surface area contributed by atoms with Crippen LogP contribution in [0.1, 0.15) is 21.5 Å². The molecule has 0 saturated heterocycles. The van der Waals surface area contributed by atoms with Gasteiger partial charge < -0.3 is 5.32 Å². The lowest BCUT2D eigenvalue weighted by atomic mass is 10.1. The van der Waals surface area contributed by atoms with Crippen molar-refractivity contribution in [1.82, 2.24) is 0 Å². The molecule has 0 aliphatic rings. The summed E-state index contributed by atoms with van der Waals surface area (Å²) in [5, 5.41) is 11.9. The molecule has 2 aromatic rings. The van der Waals surface area contributed by atoms with E-state index in [1.807, 2.05) is 43.5 Å². The van der Waals surface area contributed by atoms with Crippen molar-refractivity contribution in [2.24, 2.45) is 0 Å². The minimum absolute atomic E-state index is 0.163. The molecule has 20 heavy (non-hydrogen) atoms. The first-order chi connectivity index (χ1) is 9.65. The Bertz CT molecular complexity index is 689. The molecule has 0 fully saturated rings. The molecule has 0 aliphatic heterocycles. The van der Waals surface area contributed by atoms with E-state index in [4.69, 9.17) is 5.26 Å². The third-order valence-corrected chi connectivity index (χ3v) is 3.76. The third kappa shape index (κ3) is 3.01. The lowest BCUT2D eigenvalue weighted by molar-refractivity contribution is 0.102. The maximum Gasteiger partial charge on any atom is 0.255 e. The highest BCUT2D eigenvalue weighted by atomic mass is 32.2. The highest BCUT2D eigenvalue weighted by Crippen LogP contribution is 2.23. The van der Waals surface area contributed by atoms with Gasteiger partial charge in [0.05, 0.1) is 5.56 Å². The summed E-state index contributed by atoms with van der Waals surface area (Å²) in [5.41, 5.74) is 2.76. The molecule has 0 spiro atoms. The molecule has 0 heterocycles. The highest BCUT2D eigenvalue weighted by Gasteiger charge is 2.09.